The van der Waals surface area contributed by atoms with Crippen molar-refractivity contribution in [2.45, 2.75) is 26.0 Å². The second kappa shape index (κ2) is 5.99. The summed E-state index contributed by atoms with van der Waals surface area (Å²) in [7, 11) is 0. The monoisotopic (exact) mass is 372 g/mol. The van der Waals surface area contributed by atoms with E-state index in [-0.39, 0.29) is 0 Å². The Morgan fingerprint density at radius 2 is 2.00 bits per heavy atom. The maximum absolute atomic E-state index is 10.4. The highest BCUT2D eigenvalue weighted by Crippen LogP contribution is 2.28. The van der Waals surface area contributed by atoms with Crippen LogP contribution in [0.15, 0.2) is 39.4 Å². The first-order valence-electron chi connectivity index (χ1n) is 5.76. The number of hydrogen-bond acceptors (Lipinski definition) is 2. The fourth-order valence-corrected chi connectivity index (χ4v) is 2.93. The van der Waals surface area contributed by atoms with Gasteiger partial charge in [0.15, 0.2) is 0 Å². The van der Waals surface area contributed by atoms with E-state index >= 15 is 0 Å². The minimum Gasteiger partial charge on any atom is -0.386 e. The van der Waals surface area contributed by atoms with E-state index in [2.05, 4.69) is 37.0 Å². The molecule has 0 bridgehead atoms. The number of halogens is 2. The van der Waals surface area contributed by atoms with Gasteiger partial charge in [0.2, 0.25) is 0 Å². The fourth-order valence-electron chi connectivity index (χ4n) is 1.92. The van der Waals surface area contributed by atoms with Gasteiger partial charge in [-0.1, -0.05) is 34.1 Å². The van der Waals surface area contributed by atoms with Crippen LogP contribution in [0.2, 0.25) is 0 Å². The van der Waals surface area contributed by atoms with Gasteiger partial charge in [-0.2, -0.15) is 5.10 Å². The lowest BCUT2D eigenvalue weighted by Crippen LogP contribution is -2.11. The molecule has 0 amide bonds. The fraction of sp³-hybridized carbons (Fsp3) is 0.308. The number of rotatable bonds is 4. The van der Waals surface area contributed by atoms with Crippen LogP contribution in [0.4, 0.5) is 0 Å². The van der Waals surface area contributed by atoms with Crippen LogP contribution < -0.4 is 0 Å². The van der Waals surface area contributed by atoms with Crippen LogP contribution >= 0.6 is 31.9 Å². The highest BCUT2D eigenvalue weighted by molar-refractivity contribution is 9.10. The molecule has 1 aromatic heterocycles. The van der Waals surface area contributed by atoms with Gasteiger partial charge in [-0.15, -0.1) is 0 Å². The number of aromatic nitrogens is 2. The molecule has 2 aromatic rings. The molecule has 0 aliphatic carbocycles. The Labute approximate surface area is 123 Å². The summed E-state index contributed by atoms with van der Waals surface area (Å²) in [6.07, 6.45) is 1.72. The van der Waals surface area contributed by atoms with E-state index in [0.29, 0.717) is 6.42 Å². The van der Waals surface area contributed by atoms with Crippen LogP contribution in [0.1, 0.15) is 24.3 Å². The molecule has 0 saturated carbocycles. The Balaban J connectivity index is 2.24. The topological polar surface area (TPSA) is 38.0 Å². The van der Waals surface area contributed by atoms with Gasteiger partial charge >= 0.3 is 0 Å². The van der Waals surface area contributed by atoms with Gasteiger partial charge in [0.05, 0.1) is 16.4 Å². The second-order valence-corrected chi connectivity index (χ2v) is 5.71. The van der Waals surface area contributed by atoms with Gasteiger partial charge < -0.3 is 5.11 Å². The SMILES string of the molecule is CCn1ncc(Br)c1C(O)Cc1ccccc1Br. The van der Waals surface area contributed by atoms with Crippen molar-refractivity contribution in [3.63, 3.8) is 0 Å². The Morgan fingerprint density at radius 1 is 1.28 bits per heavy atom. The Kier molecular flexibility index (Phi) is 4.59. The predicted molar refractivity (Wildman–Crippen MR) is 78.4 cm³/mol. The first-order valence-corrected chi connectivity index (χ1v) is 7.34. The van der Waals surface area contributed by atoms with E-state index in [4.69, 9.17) is 0 Å². The highest BCUT2D eigenvalue weighted by atomic mass is 79.9. The van der Waals surface area contributed by atoms with Crippen molar-refractivity contribution in [2.24, 2.45) is 0 Å². The van der Waals surface area contributed by atoms with Crippen LogP contribution in [0, 0.1) is 0 Å². The van der Waals surface area contributed by atoms with Gasteiger partial charge in [0.25, 0.3) is 0 Å². The molecule has 18 heavy (non-hydrogen) atoms. The van der Waals surface area contributed by atoms with Crippen LogP contribution in [-0.2, 0) is 13.0 Å². The number of benzene rings is 1. The summed E-state index contributed by atoms with van der Waals surface area (Å²) in [5.74, 6) is 0. The molecular weight excluding hydrogens is 360 g/mol. The highest BCUT2D eigenvalue weighted by Gasteiger charge is 2.18. The van der Waals surface area contributed by atoms with Crippen LogP contribution in [-0.4, -0.2) is 14.9 Å². The van der Waals surface area contributed by atoms with Crippen molar-refractivity contribution in [1.82, 2.24) is 9.78 Å². The van der Waals surface area contributed by atoms with Gasteiger partial charge in [-0.05, 0) is 34.5 Å². The van der Waals surface area contributed by atoms with E-state index in [0.717, 1.165) is 26.7 Å². The van der Waals surface area contributed by atoms with Crippen LogP contribution in [0.3, 0.4) is 0 Å². The van der Waals surface area contributed by atoms with Crippen molar-refractivity contribution in [2.75, 3.05) is 0 Å². The molecule has 1 atom stereocenters. The van der Waals surface area contributed by atoms with Crippen molar-refractivity contribution in [3.8, 4) is 0 Å². The number of hydrogen-bond donors (Lipinski definition) is 1. The van der Waals surface area contributed by atoms with Crippen molar-refractivity contribution in [1.29, 1.82) is 0 Å². The van der Waals surface area contributed by atoms with Gasteiger partial charge in [-0.25, -0.2) is 0 Å². The zero-order valence-electron chi connectivity index (χ0n) is 9.98. The lowest BCUT2D eigenvalue weighted by Gasteiger charge is -2.14. The molecular formula is C13H14Br2N2O. The molecule has 1 heterocycles. The molecule has 1 N–H and O–H groups in total. The Bertz CT molecular complexity index is 540. The number of nitrogens with zero attached hydrogens (tertiary/aromatic N) is 2. The molecule has 0 saturated heterocycles. The smallest absolute Gasteiger partial charge is 0.101 e. The standard InChI is InChI=1S/C13H14Br2N2O/c1-2-17-13(11(15)8-16-17)12(18)7-9-5-3-4-6-10(9)14/h3-6,8,12,18H,2,7H2,1H3. The first-order chi connectivity index (χ1) is 8.63. The third-order valence-electron chi connectivity index (χ3n) is 2.82. The largest absolute Gasteiger partial charge is 0.386 e. The van der Waals surface area contributed by atoms with E-state index in [1.165, 1.54) is 0 Å². The summed E-state index contributed by atoms with van der Waals surface area (Å²) < 4.78 is 3.68. The minimum absolute atomic E-state index is 0.561. The molecule has 1 aromatic carbocycles. The molecule has 2 rings (SSSR count). The zero-order chi connectivity index (χ0) is 13.1. The third-order valence-corrected chi connectivity index (χ3v) is 4.20. The second-order valence-electron chi connectivity index (χ2n) is 4.00. The molecule has 0 radical (unpaired) electrons. The summed E-state index contributed by atoms with van der Waals surface area (Å²) in [6.45, 7) is 2.75. The zero-order valence-corrected chi connectivity index (χ0v) is 13.1. The van der Waals surface area contributed by atoms with Crippen molar-refractivity contribution < 1.29 is 5.11 Å². The molecule has 1 unspecified atom stereocenters. The summed E-state index contributed by atoms with van der Waals surface area (Å²) >= 11 is 6.93. The Morgan fingerprint density at radius 3 is 2.67 bits per heavy atom. The summed E-state index contributed by atoms with van der Waals surface area (Å²) in [4.78, 5) is 0. The molecule has 96 valence electrons. The maximum Gasteiger partial charge on any atom is 0.101 e. The molecule has 5 heteroatoms. The first kappa shape index (κ1) is 13.8. The average molecular weight is 374 g/mol. The molecule has 0 aliphatic rings. The molecule has 0 spiro atoms. The van der Waals surface area contributed by atoms with E-state index in [1.54, 1.807) is 6.20 Å². The summed E-state index contributed by atoms with van der Waals surface area (Å²) in [5.41, 5.74) is 1.91. The Hall–Kier alpha value is -0.650. The maximum atomic E-state index is 10.4. The van der Waals surface area contributed by atoms with E-state index in [9.17, 15) is 5.11 Å². The van der Waals surface area contributed by atoms with E-state index in [1.807, 2.05) is 35.9 Å². The lowest BCUT2D eigenvalue weighted by molar-refractivity contribution is 0.166. The molecule has 0 fully saturated rings. The van der Waals surface area contributed by atoms with Crippen LogP contribution in [0.5, 0.6) is 0 Å². The summed E-state index contributed by atoms with van der Waals surface area (Å²) in [5, 5.41) is 14.6. The normalized spacial score (nSPS) is 12.7. The summed E-state index contributed by atoms with van der Waals surface area (Å²) in [6, 6.07) is 7.92. The number of aryl methyl sites for hydroxylation is 1. The average Bonchev–Trinajstić information content (AvgIpc) is 2.73. The van der Waals surface area contributed by atoms with Gasteiger partial charge in [-0.3, -0.25) is 4.68 Å². The van der Waals surface area contributed by atoms with Crippen molar-refractivity contribution >= 4 is 31.9 Å². The predicted octanol–water partition coefficient (Wildman–Crippen LogP) is 3.70. The minimum atomic E-state index is -0.569. The van der Waals surface area contributed by atoms with Crippen molar-refractivity contribution in [3.05, 3.63) is 50.7 Å². The quantitative estimate of drug-likeness (QED) is 0.887. The number of aliphatic hydroxyl groups is 1. The van der Waals surface area contributed by atoms with Crippen LogP contribution in [0.25, 0.3) is 0 Å². The lowest BCUT2D eigenvalue weighted by atomic mass is 10.1. The van der Waals surface area contributed by atoms with Gasteiger partial charge in [0.1, 0.15) is 6.10 Å². The van der Waals surface area contributed by atoms with E-state index < -0.39 is 6.10 Å². The van der Waals surface area contributed by atoms with Gasteiger partial charge in [0, 0.05) is 17.4 Å². The molecule has 3 nitrogen and oxygen atoms in total. The third kappa shape index (κ3) is 2.84. The number of aliphatic hydroxyl groups excluding tert-OH is 1. The molecule has 0 aliphatic heterocycles.